The molecule has 1 aliphatic rings. The zero-order valence-electron chi connectivity index (χ0n) is 13.7. The van der Waals surface area contributed by atoms with E-state index in [1.165, 1.54) is 6.20 Å². The number of halogens is 3. The van der Waals surface area contributed by atoms with Crippen LogP contribution in [-0.4, -0.2) is 33.8 Å². The van der Waals surface area contributed by atoms with Gasteiger partial charge in [0.2, 0.25) is 5.91 Å². The van der Waals surface area contributed by atoms with E-state index in [1.807, 2.05) is 6.92 Å². The highest BCUT2D eigenvalue weighted by Gasteiger charge is 2.41. The number of rotatable bonds is 6. The maximum absolute atomic E-state index is 12.4. The number of nitrogens with one attached hydrogen (secondary N) is 2. The molecular weight excluding hydrogens is 325 g/mol. The Morgan fingerprint density at radius 3 is 2.42 bits per heavy atom. The molecule has 0 unspecified atom stereocenters. The van der Waals surface area contributed by atoms with E-state index in [9.17, 15) is 22.8 Å². The Hall–Kier alpha value is -2.06. The number of anilines is 1. The van der Waals surface area contributed by atoms with Crippen molar-refractivity contribution in [3.63, 3.8) is 0 Å². The molecule has 2 atom stereocenters. The number of amides is 2. The Bertz CT molecular complexity index is 608. The largest absolute Gasteiger partial charge is 0.471 e. The van der Waals surface area contributed by atoms with Gasteiger partial charge in [0.1, 0.15) is 6.04 Å². The summed E-state index contributed by atoms with van der Waals surface area (Å²) >= 11 is 0. The first-order valence-corrected chi connectivity index (χ1v) is 7.82. The van der Waals surface area contributed by atoms with Gasteiger partial charge >= 0.3 is 12.1 Å². The summed E-state index contributed by atoms with van der Waals surface area (Å²) in [6, 6.07) is -1.08. The fraction of sp³-hybridized carbons (Fsp3) is 0.667. The van der Waals surface area contributed by atoms with Gasteiger partial charge in [0, 0.05) is 6.20 Å². The summed E-state index contributed by atoms with van der Waals surface area (Å²) in [6.07, 6.45) is 0.338. The van der Waals surface area contributed by atoms with Crippen molar-refractivity contribution in [3.8, 4) is 0 Å². The van der Waals surface area contributed by atoms with Gasteiger partial charge in [-0.3, -0.25) is 14.3 Å². The quantitative estimate of drug-likeness (QED) is 0.831. The topological polar surface area (TPSA) is 76.0 Å². The lowest BCUT2D eigenvalue weighted by Crippen LogP contribution is -2.51. The molecule has 9 heteroatoms. The molecule has 2 amide bonds. The highest BCUT2D eigenvalue weighted by atomic mass is 19.4. The molecule has 24 heavy (non-hydrogen) atoms. The molecule has 0 bridgehead atoms. The first-order chi connectivity index (χ1) is 11.1. The van der Waals surface area contributed by atoms with Crippen molar-refractivity contribution < 1.29 is 22.8 Å². The Labute approximate surface area is 137 Å². The van der Waals surface area contributed by atoms with Crippen LogP contribution in [0.15, 0.2) is 12.4 Å². The van der Waals surface area contributed by atoms with Crippen molar-refractivity contribution >= 4 is 17.5 Å². The number of carbonyl (C=O) groups excluding carboxylic acids is 2. The Morgan fingerprint density at radius 2 is 1.92 bits per heavy atom. The van der Waals surface area contributed by atoms with Crippen LogP contribution in [-0.2, 0) is 9.59 Å². The van der Waals surface area contributed by atoms with Crippen LogP contribution in [0.4, 0.5) is 18.9 Å². The molecule has 0 aromatic carbocycles. The number of hydrogen-bond donors (Lipinski definition) is 2. The maximum Gasteiger partial charge on any atom is 0.471 e. The predicted octanol–water partition coefficient (Wildman–Crippen LogP) is 2.50. The Morgan fingerprint density at radius 1 is 1.29 bits per heavy atom. The highest BCUT2D eigenvalue weighted by molar-refractivity contribution is 5.97. The highest BCUT2D eigenvalue weighted by Crippen LogP contribution is 2.39. The molecule has 1 aromatic rings. The summed E-state index contributed by atoms with van der Waals surface area (Å²) in [5.74, 6) is -2.77. The van der Waals surface area contributed by atoms with E-state index in [0.717, 1.165) is 12.8 Å². The van der Waals surface area contributed by atoms with E-state index in [2.05, 4.69) is 10.4 Å². The Balaban J connectivity index is 2.01. The van der Waals surface area contributed by atoms with Crippen molar-refractivity contribution in [2.24, 2.45) is 11.8 Å². The van der Waals surface area contributed by atoms with Crippen LogP contribution in [0, 0.1) is 11.8 Å². The third-order valence-corrected chi connectivity index (χ3v) is 4.08. The molecule has 2 rings (SSSR count). The minimum Gasteiger partial charge on any atom is -0.336 e. The molecule has 1 aliphatic carbocycles. The average molecular weight is 346 g/mol. The standard InChI is InChI=1S/C15H21F3N4O2/c1-8(2)12(21-14(24)15(16,17)18)13(23)20-11-6-19-22(7-11)9(3)10-4-5-10/h6-10,12H,4-5H2,1-3H3,(H,20,23)(H,21,24)/t9-,12+/m1/s1. The molecule has 0 saturated heterocycles. The molecule has 1 saturated carbocycles. The molecule has 2 N–H and O–H groups in total. The number of hydrogen-bond acceptors (Lipinski definition) is 3. The average Bonchev–Trinajstić information content (AvgIpc) is 3.22. The van der Waals surface area contributed by atoms with Crippen LogP contribution < -0.4 is 10.6 Å². The minimum absolute atomic E-state index is 0.210. The summed E-state index contributed by atoms with van der Waals surface area (Å²) < 4.78 is 38.9. The molecule has 1 fully saturated rings. The zero-order valence-corrected chi connectivity index (χ0v) is 13.7. The van der Waals surface area contributed by atoms with Gasteiger partial charge in [-0.1, -0.05) is 13.8 Å². The normalized spacial score (nSPS) is 17.5. The van der Waals surface area contributed by atoms with Crippen LogP contribution in [0.3, 0.4) is 0 Å². The monoisotopic (exact) mass is 346 g/mol. The molecule has 1 heterocycles. The van der Waals surface area contributed by atoms with Crippen molar-refractivity contribution in [1.29, 1.82) is 0 Å². The van der Waals surface area contributed by atoms with Crippen molar-refractivity contribution in [3.05, 3.63) is 12.4 Å². The predicted molar refractivity (Wildman–Crippen MR) is 81.1 cm³/mol. The van der Waals surface area contributed by atoms with Crippen LogP contribution in [0.1, 0.15) is 39.7 Å². The van der Waals surface area contributed by atoms with Gasteiger partial charge in [-0.25, -0.2) is 0 Å². The third-order valence-electron chi connectivity index (χ3n) is 4.08. The van der Waals surface area contributed by atoms with Crippen LogP contribution >= 0.6 is 0 Å². The number of nitrogens with zero attached hydrogens (tertiary/aromatic N) is 2. The Kier molecular flexibility index (Phi) is 5.19. The zero-order chi connectivity index (χ0) is 18.1. The van der Waals surface area contributed by atoms with E-state index in [4.69, 9.17) is 0 Å². The van der Waals surface area contributed by atoms with Gasteiger partial charge < -0.3 is 10.6 Å². The lowest BCUT2D eigenvalue weighted by molar-refractivity contribution is -0.175. The summed E-state index contributed by atoms with van der Waals surface area (Å²) in [5, 5.41) is 8.41. The maximum atomic E-state index is 12.4. The van der Waals surface area contributed by atoms with E-state index in [1.54, 1.807) is 30.0 Å². The van der Waals surface area contributed by atoms with Crippen molar-refractivity contribution in [2.45, 2.75) is 51.9 Å². The first kappa shape index (κ1) is 18.3. The van der Waals surface area contributed by atoms with Gasteiger partial charge in [0.25, 0.3) is 0 Å². The molecule has 6 nitrogen and oxygen atoms in total. The van der Waals surface area contributed by atoms with Crippen LogP contribution in [0.5, 0.6) is 0 Å². The van der Waals surface area contributed by atoms with Gasteiger partial charge in [-0.05, 0) is 31.6 Å². The van der Waals surface area contributed by atoms with E-state index >= 15 is 0 Å². The van der Waals surface area contributed by atoms with E-state index in [0.29, 0.717) is 11.6 Å². The number of alkyl halides is 3. The van der Waals surface area contributed by atoms with Crippen molar-refractivity contribution in [1.82, 2.24) is 15.1 Å². The molecule has 0 spiro atoms. The second-order valence-corrected chi connectivity index (χ2v) is 6.47. The lowest BCUT2D eigenvalue weighted by atomic mass is 10.0. The number of aromatic nitrogens is 2. The molecular formula is C15H21F3N4O2. The van der Waals surface area contributed by atoms with Gasteiger partial charge in [0.15, 0.2) is 0 Å². The number of carbonyl (C=O) groups is 2. The van der Waals surface area contributed by atoms with Crippen LogP contribution in [0.25, 0.3) is 0 Å². The SMILES string of the molecule is CC(C)[C@H](NC(=O)C(F)(F)F)C(=O)Nc1cnn([C@H](C)C2CC2)c1. The smallest absolute Gasteiger partial charge is 0.336 e. The van der Waals surface area contributed by atoms with E-state index in [-0.39, 0.29) is 6.04 Å². The van der Waals surface area contributed by atoms with Gasteiger partial charge in [-0.2, -0.15) is 18.3 Å². The third kappa shape index (κ3) is 4.48. The lowest BCUT2D eigenvalue weighted by Gasteiger charge is -2.21. The summed E-state index contributed by atoms with van der Waals surface area (Å²) in [5.41, 5.74) is 0.388. The van der Waals surface area contributed by atoms with E-state index < -0.39 is 30.0 Å². The van der Waals surface area contributed by atoms with Crippen molar-refractivity contribution in [2.75, 3.05) is 5.32 Å². The summed E-state index contributed by atoms with van der Waals surface area (Å²) in [4.78, 5) is 23.3. The molecule has 0 radical (unpaired) electrons. The van der Waals surface area contributed by atoms with Gasteiger partial charge in [-0.15, -0.1) is 0 Å². The molecule has 134 valence electrons. The second-order valence-electron chi connectivity index (χ2n) is 6.47. The molecule has 1 aromatic heterocycles. The van der Waals surface area contributed by atoms with Gasteiger partial charge in [0.05, 0.1) is 17.9 Å². The fourth-order valence-corrected chi connectivity index (χ4v) is 2.40. The summed E-state index contributed by atoms with van der Waals surface area (Å²) in [6.45, 7) is 5.13. The first-order valence-electron chi connectivity index (χ1n) is 7.82. The second kappa shape index (κ2) is 6.82. The minimum atomic E-state index is -5.03. The summed E-state index contributed by atoms with van der Waals surface area (Å²) in [7, 11) is 0. The fourth-order valence-electron chi connectivity index (χ4n) is 2.40. The van der Waals surface area contributed by atoms with Crippen LogP contribution in [0.2, 0.25) is 0 Å². The molecule has 0 aliphatic heterocycles.